The summed E-state index contributed by atoms with van der Waals surface area (Å²) in [7, 11) is 1.61. The molecule has 4 aromatic rings. The fourth-order valence-electron chi connectivity index (χ4n) is 2.96. The van der Waals surface area contributed by atoms with Crippen molar-refractivity contribution in [2.24, 2.45) is 5.10 Å². The Hall–Kier alpha value is -3.93. The Bertz CT molecular complexity index is 1200. The largest absolute Gasteiger partial charge is 0.496 e. The number of fused-ring (bicyclic) bond motifs is 1. The molecule has 0 spiro atoms. The molecule has 3 aromatic carbocycles. The molecule has 6 heteroatoms. The van der Waals surface area contributed by atoms with Gasteiger partial charge in [-0.15, -0.1) is 0 Å². The van der Waals surface area contributed by atoms with Crippen molar-refractivity contribution in [3.05, 3.63) is 94.8 Å². The minimum atomic E-state index is -0.160. The maximum absolute atomic E-state index is 13.1. The average molecular weight is 370 g/mol. The van der Waals surface area contributed by atoms with E-state index in [4.69, 9.17) is 4.74 Å². The number of hydrogen-bond donors (Lipinski definition) is 1. The molecule has 0 radical (unpaired) electrons. The first-order valence-electron chi connectivity index (χ1n) is 8.77. The van der Waals surface area contributed by atoms with Gasteiger partial charge in [0.05, 0.1) is 29.9 Å². The van der Waals surface area contributed by atoms with Crippen LogP contribution in [0.15, 0.2) is 88.8 Å². The normalized spacial score (nSPS) is 11.0. The van der Waals surface area contributed by atoms with E-state index in [0.29, 0.717) is 28.3 Å². The Morgan fingerprint density at radius 2 is 1.68 bits per heavy atom. The molecule has 0 bridgehead atoms. The number of para-hydroxylation sites is 3. The lowest BCUT2D eigenvalue weighted by Crippen LogP contribution is -2.22. The van der Waals surface area contributed by atoms with Gasteiger partial charge in [0.1, 0.15) is 5.75 Å². The lowest BCUT2D eigenvalue weighted by atomic mass is 10.2. The molecule has 0 saturated carbocycles. The first-order valence-corrected chi connectivity index (χ1v) is 8.77. The van der Waals surface area contributed by atoms with E-state index in [-0.39, 0.29) is 5.56 Å². The highest BCUT2D eigenvalue weighted by atomic mass is 16.5. The van der Waals surface area contributed by atoms with Crippen molar-refractivity contribution in [3.8, 4) is 11.4 Å². The van der Waals surface area contributed by atoms with E-state index in [2.05, 4.69) is 15.5 Å². The highest BCUT2D eigenvalue weighted by Crippen LogP contribution is 2.17. The van der Waals surface area contributed by atoms with E-state index >= 15 is 0 Å². The molecule has 0 aliphatic heterocycles. The van der Waals surface area contributed by atoms with Gasteiger partial charge >= 0.3 is 0 Å². The van der Waals surface area contributed by atoms with Gasteiger partial charge in [0, 0.05) is 5.56 Å². The quantitative estimate of drug-likeness (QED) is 0.428. The van der Waals surface area contributed by atoms with Crippen molar-refractivity contribution < 1.29 is 4.74 Å². The van der Waals surface area contributed by atoms with Gasteiger partial charge in [0.15, 0.2) is 0 Å². The highest BCUT2D eigenvalue weighted by Gasteiger charge is 2.12. The van der Waals surface area contributed by atoms with Gasteiger partial charge in [-0.2, -0.15) is 5.10 Å². The molecule has 0 fully saturated rings. The first kappa shape index (κ1) is 17.5. The number of nitrogens with zero attached hydrogens (tertiary/aromatic N) is 3. The second kappa shape index (κ2) is 7.75. The third kappa shape index (κ3) is 3.35. The summed E-state index contributed by atoms with van der Waals surface area (Å²) >= 11 is 0. The summed E-state index contributed by atoms with van der Waals surface area (Å²) in [5.41, 5.74) is 4.88. The Morgan fingerprint density at radius 1 is 0.964 bits per heavy atom. The molecule has 28 heavy (non-hydrogen) atoms. The molecule has 138 valence electrons. The van der Waals surface area contributed by atoms with Crippen LogP contribution in [0, 0.1) is 0 Å². The summed E-state index contributed by atoms with van der Waals surface area (Å²) in [5.74, 6) is 1.04. The van der Waals surface area contributed by atoms with Crippen molar-refractivity contribution in [3.63, 3.8) is 0 Å². The smallest absolute Gasteiger partial charge is 0.267 e. The van der Waals surface area contributed by atoms with Gasteiger partial charge < -0.3 is 4.74 Å². The number of ether oxygens (including phenoxy) is 1. The van der Waals surface area contributed by atoms with Crippen molar-refractivity contribution in [2.45, 2.75) is 0 Å². The fraction of sp³-hybridized carbons (Fsp3) is 0.0455. The number of hydrazone groups is 1. The third-order valence-electron chi connectivity index (χ3n) is 4.30. The maximum Gasteiger partial charge on any atom is 0.267 e. The second-order valence-corrected chi connectivity index (χ2v) is 6.04. The third-order valence-corrected chi connectivity index (χ3v) is 4.30. The molecule has 0 atom stereocenters. The minimum absolute atomic E-state index is 0.160. The maximum atomic E-state index is 13.1. The zero-order chi connectivity index (χ0) is 19.3. The Morgan fingerprint density at radius 3 is 2.50 bits per heavy atom. The molecule has 0 unspecified atom stereocenters. The fourth-order valence-corrected chi connectivity index (χ4v) is 2.96. The molecule has 1 N–H and O–H groups in total. The van der Waals surface area contributed by atoms with Crippen LogP contribution in [0.3, 0.4) is 0 Å². The lowest BCUT2D eigenvalue weighted by molar-refractivity contribution is 0.414. The molecule has 0 saturated heterocycles. The van der Waals surface area contributed by atoms with E-state index in [1.54, 1.807) is 25.5 Å². The van der Waals surface area contributed by atoms with Crippen LogP contribution in [-0.2, 0) is 0 Å². The number of nitrogens with one attached hydrogen (secondary N) is 1. The number of hydrogen-bond acceptors (Lipinski definition) is 5. The van der Waals surface area contributed by atoms with E-state index in [0.717, 1.165) is 5.56 Å². The summed E-state index contributed by atoms with van der Waals surface area (Å²) in [5, 5.41) is 4.82. The average Bonchev–Trinajstić information content (AvgIpc) is 2.75. The lowest BCUT2D eigenvalue weighted by Gasteiger charge is -2.12. The highest BCUT2D eigenvalue weighted by molar-refractivity contribution is 5.84. The number of benzene rings is 3. The molecule has 0 aliphatic carbocycles. The molecule has 0 aliphatic rings. The van der Waals surface area contributed by atoms with Gasteiger partial charge in [0.2, 0.25) is 5.95 Å². The molecular weight excluding hydrogens is 352 g/mol. The summed E-state index contributed by atoms with van der Waals surface area (Å²) in [4.78, 5) is 17.7. The van der Waals surface area contributed by atoms with Crippen LogP contribution in [0.1, 0.15) is 5.56 Å². The van der Waals surface area contributed by atoms with E-state index < -0.39 is 0 Å². The van der Waals surface area contributed by atoms with Crippen LogP contribution < -0.4 is 15.7 Å². The zero-order valence-corrected chi connectivity index (χ0v) is 15.2. The van der Waals surface area contributed by atoms with Crippen LogP contribution in [0.4, 0.5) is 5.95 Å². The van der Waals surface area contributed by atoms with Gasteiger partial charge in [-0.05, 0) is 36.4 Å². The number of aromatic nitrogens is 2. The zero-order valence-electron chi connectivity index (χ0n) is 15.2. The first-order chi connectivity index (χ1) is 13.8. The number of anilines is 1. The standard InChI is InChI=1S/C22H18N4O2/c1-28-20-14-8-5-9-16(20)15-23-25-22-24-19-13-7-6-12-18(19)21(27)26(22)17-10-3-2-4-11-17/h2-15H,1H3,(H,24,25)/b23-15+. The molecular formula is C22H18N4O2. The van der Waals surface area contributed by atoms with Crippen LogP contribution in [0.25, 0.3) is 16.6 Å². The monoisotopic (exact) mass is 370 g/mol. The van der Waals surface area contributed by atoms with Crippen molar-refractivity contribution in [1.82, 2.24) is 9.55 Å². The van der Waals surface area contributed by atoms with Crippen LogP contribution in [-0.4, -0.2) is 22.9 Å². The van der Waals surface area contributed by atoms with Crippen LogP contribution >= 0.6 is 0 Å². The predicted octanol–water partition coefficient (Wildman–Crippen LogP) is 3.84. The molecule has 4 rings (SSSR count). The van der Waals surface area contributed by atoms with Gasteiger partial charge in [-0.3, -0.25) is 4.79 Å². The van der Waals surface area contributed by atoms with Crippen molar-refractivity contribution >= 4 is 23.1 Å². The summed E-state index contributed by atoms with van der Waals surface area (Å²) in [6.07, 6.45) is 1.63. The SMILES string of the molecule is COc1ccccc1/C=N/Nc1nc2ccccc2c(=O)n1-c1ccccc1. The molecule has 1 aromatic heterocycles. The van der Waals surface area contributed by atoms with Gasteiger partial charge in [-0.1, -0.05) is 42.5 Å². The van der Waals surface area contributed by atoms with Crippen LogP contribution in [0.5, 0.6) is 5.75 Å². The molecule has 1 heterocycles. The molecule has 0 amide bonds. The van der Waals surface area contributed by atoms with E-state index in [1.807, 2.05) is 66.7 Å². The predicted molar refractivity (Wildman–Crippen MR) is 112 cm³/mol. The number of rotatable bonds is 5. The summed E-state index contributed by atoms with van der Waals surface area (Å²) in [6, 6.07) is 24.1. The Balaban J connectivity index is 1.79. The van der Waals surface area contributed by atoms with Crippen molar-refractivity contribution in [2.75, 3.05) is 12.5 Å². The second-order valence-electron chi connectivity index (χ2n) is 6.04. The minimum Gasteiger partial charge on any atom is -0.496 e. The summed E-state index contributed by atoms with van der Waals surface area (Å²) < 4.78 is 6.84. The Labute approximate surface area is 161 Å². The molecule has 6 nitrogen and oxygen atoms in total. The topological polar surface area (TPSA) is 68.5 Å². The van der Waals surface area contributed by atoms with E-state index in [1.165, 1.54) is 4.57 Å². The van der Waals surface area contributed by atoms with Crippen LogP contribution in [0.2, 0.25) is 0 Å². The number of methoxy groups -OCH3 is 1. The van der Waals surface area contributed by atoms with E-state index in [9.17, 15) is 4.79 Å². The van der Waals surface area contributed by atoms with Crippen molar-refractivity contribution in [1.29, 1.82) is 0 Å². The van der Waals surface area contributed by atoms with Gasteiger partial charge in [-0.25, -0.2) is 15.0 Å². The van der Waals surface area contributed by atoms with Gasteiger partial charge in [0.25, 0.3) is 5.56 Å². The Kier molecular flexibility index (Phi) is 4.84. The summed E-state index contributed by atoms with van der Waals surface area (Å²) in [6.45, 7) is 0.